The van der Waals surface area contributed by atoms with Crippen molar-refractivity contribution in [2.45, 2.75) is 18.9 Å². The Labute approximate surface area is 127 Å². The number of fused-ring (bicyclic) bond motifs is 1. The highest BCUT2D eigenvalue weighted by Gasteiger charge is 2.35. The van der Waals surface area contributed by atoms with Gasteiger partial charge in [0, 0.05) is 44.6 Å². The number of carboxylic acid groups (broad SMARTS) is 1. The van der Waals surface area contributed by atoms with Crippen molar-refractivity contribution in [1.29, 1.82) is 0 Å². The highest BCUT2D eigenvalue weighted by atomic mass is 16.6. The number of anilines is 1. The molecule has 0 aromatic carbocycles. The van der Waals surface area contributed by atoms with E-state index in [2.05, 4.69) is 15.3 Å². The molecule has 1 unspecified atom stereocenters. The van der Waals surface area contributed by atoms with E-state index in [0.717, 1.165) is 6.42 Å². The molecule has 3 heterocycles. The number of nitrogens with zero attached hydrogens (tertiary/aromatic N) is 3. The van der Waals surface area contributed by atoms with Gasteiger partial charge in [-0.3, -0.25) is 4.40 Å². The van der Waals surface area contributed by atoms with E-state index >= 15 is 0 Å². The number of aromatic carboxylic acids is 1. The smallest absolute Gasteiger partial charge is 0.354 e. The van der Waals surface area contributed by atoms with Crippen LogP contribution in [0.2, 0.25) is 0 Å². The van der Waals surface area contributed by atoms with Gasteiger partial charge in [0.1, 0.15) is 11.2 Å². The summed E-state index contributed by atoms with van der Waals surface area (Å²) in [7, 11) is 0. The van der Waals surface area contributed by atoms with E-state index in [1.807, 2.05) is 6.92 Å². The van der Waals surface area contributed by atoms with Gasteiger partial charge >= 0.3 is 5.97 Å². The Kier molecular flexibility index (Phi) is 3.95. The minimum Gasteiger partial charge on any atom is -0.477 e. The standard InChI is InChI=1S/C14H18N4O4/c1-2-22-14(3-6-21-9-14)8-16-13-17-10(12(19)20)7-11-15-4-5-18(11)13/h4-5,7H,2-3,6,8-9H2,1H3,(H,16,17)(H,19,20). The first-order valence-corrected chi connectivity index (χ1v) is 7.16. The molecule has 0 spiro atoms. The number of hydrogen-bond acceptors (Lipinski definition) is 6. The molecule has 2 aromatic heterocycles. The molecule has 1 aliphatic heterocycles. The Morgan fingerprint density at radius 3 is 3.18 bits per heavy atom. The van der Waals surface area contributed by atoms with Crippen LogP contribution in [0.3, 0.4) is 0 Å². The van der Waals surface area contributed by atoms with E-state index in [0.29, 0.717) is 38.0 Å². The number of carbonyl (C=O) groups is 1. The molecule has 1 aliphatic rings. The number of ether oxygens (including phenoxy) is 2. The van der Waals surface area contributed by atoms with E-state index in [1.165, 1.54) is 6.07 Å². The Balaban J connectivity index is 1.86. The second kappa shape index (κ2) is 5.90. The predicted molar refractivity (Wildman–Crippen MR) is 78.2 cm³/mol. The molecular formula is C14H18N4O4. The number of hydrogen-bond donors (Lipinski definition) is 2. The Hall–Kier alpha value is -2.19. The van der Waals surface area contributed by atoms with Crippen LogP contribution in [-0.2, 0) is 9.47 Å². The second-order valence-corrected chi connectivity index (χ2v) is 5.20. The number of imidazole rings is 1. The molecule has 22 heavy (non-hydrogen) atoms. The molecule has 0 saturated carbocycles. The maximum Gasteiger partial charge on any atom is 0.354 e. The summed E-state index contributed by atoms with van der Waals surface area (Å²) >= 11 is 0. The summed E-state index contributed by atoms with van der Waals surface area (Å²) in [6.45, 7) is 4.19. The first kappa shape index (κ1) is 14.7. The normalized spacial score (nSPS) is 21.3. The number of aromatic nitrogens is 3. The molecule has 0 amide bonds. The van der Waals surface area contributed by atoms with Crippen molar-refractivity contribution < 1.29 is 19.4 Å². The van der Waals surface area contributed by atoms with E-state index in [1.54, 1.807) is 16.8 Å². The fourth-order valence-corrected chi connectivity index (χ4v) is 2.60. The first-order chi connectivity index (χ1) is 10.6. The Bertz CT molecular complexity index is 679. The molecule has 1 saturated heterocycles. The molecule has 3 rings (SSSR count). The van der Waals surface area contributed by atoms with Crippen molar-refractivity contribution in [2.75, 3.05) is 31.7 Å². The lowest BCUT2D eigenvalue weighted by Gasteiger charge is -2.27. The van der Waals surface area contributed by atoms with Gasteiger partial charge in [0.05, 0.1) is 6.61 Å². The van der Waals surface area contributed by atoms with E-state index in [9.17, 15) is 4.79 Å². The molecule has 118 valence electrons. The largest absolute Gasteiger partial charge is 0.477 e. The monoisotopic (exact) mass is 306 g/mol. The van der Waals surface area contributed by atoms with Gasteiger partial charge in [0.25, 0.3) is 0 Å². The van der Waals surface area contributed by atoms with Crippen LogP contribution < -0.4 is 5.32 Å². The first-order valence-electron chi connectivity index (χ1n) is 7.16. The summed E-state index contributed by atoms with van der Waals surface area (Å²) < 4.78 is 13.0. The molecule has 0 bridgehead atoms. The zero-order valence-corrected chi connectivity index (χ0v) is 12.3. The Morgan fingerprint density at radius 1 is 1.64 bits per heavy atom. The molecule has 0 aliphatic carbocycles. The van der Waals surface area contributed by atoms with Gasteiger partial charge in [-0.15, -0.1) is 0 Å². The van der Waals surface area contributed by atoms with Gasteiger partial charge < -0.3 is 19.9 Å². The summed E-state index contributed by atoms with van der Waals surface area (Å²) in [5, 5.41) is 12.3. The van der Waals surface area contributed by atoms with E-state index in [4.69, 9.17) is 14.6 Å². The lowest BCUT2D eigenvalue weighted by Crippen LogP contribution is -2.41. The van der Waals surface area contributed by atoms with Crippen LogP contribution in [0, 0.1) is 0 Å². The quantitative estimate of drug-likeness (QED) is 0.822. The van der Waals surface area contributed by atoms with Gasteiger partial charge in [-0.25, -0.2) is 14.8 Å². The summed E-state index contributed by atoms with van der Waals surface area (Å²) in [5.41, 5.74) is 0.0834. The van der Waals surface area contributed by atoms with Crippen LogP contribution in [0.4, 0.5) is 5.95 Å². The van der Waals surface area contributed by atoms with Crippen molar-refractivity contribution >= 4 is 17.6 Å². The minimum absolute atomic E-state index is 0.0469. The summed E-state index contributed by atoms with van der Waals surface area (Å²) in [5.74, 6) is -0.657. The molecule has 2 aromatic rings. The average Bonchev–Trinajstić information content (AvgIpc) is 3.14. The average molecular weight is 306 g/mol. The van der Waals surface area contributed by atoms with Crippen LogP contribution in [0.15, 0.2) is 18.5 Å². The molecule has 1 atom stereocenters. The third-order valence-electron chi connectivity index (χ3n) is 3.70. The van der Waals surface area contributed by atoms with Crippen molar-refractivity contribution in [2.24, 2.45) is 0 Å². The maximum atomic E-state index is 11.2. The number of rotatable bonds is 6. The minimum atomic E-state index is -1.09. The van der Waals surface area contributed by atoms with Crippen LogP contribution in [-0.4, -0.2) is 57.4 Å². The van der Waals surface area contributed by atoms with Crippen LogP contribution >= 0.6 is 0 Å². The molecule has 2 N–H and O–H groups in total. The third-order valence-corrected chi connectivity index (χ3v) is 3.70. The van der Waals surface area contributed by atoms with E-state index < -0.39 is 11.6 Å². The summed E-state index contributed by atoms with van der Waals surface area (Å²) in [6.07, 6.45) is 4.12. The van der Waals surface area contributed by atoms with Crippen molar-refractivity contribution in [3.8, 4) is 0 Å². The number of carboxylic acids is 1. The summed E-state index contributed by atoms with van der Waals surface area (Å²) in [6, 6.07) is 1.44. The van der Waals surface area contributed by atoms with Crippen LogP contribution in [0.1, 0.15) is 23.8 Å². The SMILES string of the molecule is CCOC1(CNc2nc(C(=O)O)cc3nccn23)CCOC1. The van der Waals surface area contributed by atoms with Crippen molar-refractivity contribution in [3.05, 3.63) is 24.2 Å². The predicted octanol–water partition coefficient (Wildman–Crippen LogP) is 1.03. The lowest BCUT2D eigenvalue weighted by atomic mass is 10.0. The molecule has 8 nitrogen and oxygen atoms in total. The molecular weight excluding hydrogens is 288 g/mol. The third kappa shape index (κ3) is 2.75. The second-order valence-electron chi connectivity index (χ2n) is 5.20. The van der Waals surface area contributed by atoms with Crippen molar-refractivity contribution in [3.63, 3.8) is 0 Å². The van der Waals surface area contributed by atoms with Crippen molar-refractivity contribution in [1.82, 2.24) is 14.4 Å². The van der Waals surface area contributed by atoms with Crippen LogP contribution in [0.5, 0.6) is 0 Å². The highest BCUT2D eigenvalue weighted by Crippen LogP contribution is 2.24. The fraction of sp³-hybridized carbons (Fsp3) is 0.500. The fourth-order valence-electron chi connectivity index (χ4n) is 2.60. The van der Waals surface area contributed by atoms with Gasteiger partial charge in [-0.1, -0.05) is 0 Å². The molecule has 1 fully saturated rings. The van der Waals surface area contributed by atoms with E-state index in [-0.39, 0.29) is 5.69 Å². The lowest BCUT2D eigenvalue weighted by molar-refractivity contribution is -0.0335. The van der Waals surface area contributed by atoms with Gasteiger partial charge in [-0.2, -0.15) is 0 Å². The number of nitrogens with one attached hydrogen (secondary N) is 1. The Morgan fingerprint density at radius 2 is 2.50 bits per heavy atom. The molecule has 8 heteroatoms. The van der Waals surface area contributed by atoms with Gasteiger partial charge in [0.2, 0.25) is 5.95 Å². The molecule has 0 radical (unpaired) electrons. The van der Waals surface area contributed by atoms with Gasteiger partial charge in [-0.05, 0) is 6.92 Å². The summed E-state index contributed by atoms with van der Waals surface area (Å²) in [4.78, 5) is 19.4. The van der Waals surface area contributed by atoms with Gasteiger partial charge in [0.15, 0.2) is 5.69 Å². The van der Waals surface area contributed by atoms with Crippen LogP contribution in [0.25, 0.3) is 5.65 Å². The maximum absolute atomic E-state index is 11.2. The zero-order chi connectivity index (χ0) is 15.6. The zero-order valence-electron chi connectivity index (χ0n) is 12.3. The topological polar surface area (TPSA) is 98.0 Å². The highest BCUT2D eigenvalue weighted by molar-refractivity contribution is 5.87.